The van der Waals surface area contributed by atoms with Gasteiger partial charge in [-0.2, -0.15) is 0 Å². The molecule has 11 nitrogen and oxygen atoms in total. The summed E-state index contributed by atoms with van der Waals surface area (Å²) >= 11 is 0. The molecule has 0 heterocycles. The van der Waals surface area contributed by atoms with Crippen molar-refractivity contribution in [3.63, 3.8) is 0 Å². The monoisotopic (exact) mass is 888 g/mol. The minimum absolute atomic E-state index is 0.155. The number of nitrogens with two attached hydrogens (primary N) is 1. The van der Waals surface area contributed by atoms with Crippen LogP contribution in [0.15, 0.2) is 12.2 Å². The Morgan fingerprint density at radius 3 is 1.21 bits per heavy atom. The summed E-state index contributed by atoms with van der Waals surface area (Å²) in [6, 6.07) is -1.52. The second-order valence-electron chi connectivity index (χ2n) is 17.3. The first-order valence-electron chi connectivity index (χ1n) is 25.2. The lowest BCUT2D eigenvalue weighted by atomic mass is 10.0. The number of phosphoric acid groups is 1. The first-order valence-corrected chi connectivity index (χ1v) is 26.7. The molecule has 3 unspecified atom stereocenters. The van der Waals surface area contributed by atoms with Gasteiger partial charge in [-0.3, -0.25) is 23.4 Å². The van der Waals surface area contributed by atoms with Crippen molar-refractivity contribution >= 4 is 25.7 Å². The predicted octanol–water partition coefficient (Wildman–Crippen LogP) is 14.0. The number of carboxylic acids is 1. The number of carbonyl (C=O) groups excluding carboxylic acids is 2. The molecule has 360 valence electrons. The maximum atomic E-state index is 12.6. The first kappa shape index (κ1) is 59.2. The zero-order valence-electron chi connectivity index (χ0n) is 39.3. The molecular weight excluding hydrogens is 794 g/mol. The van der Waals surface area contributed by atoms with Crippen LogP contribution >= 0.6 is 7.82 Å². The van der Waals surface area contributed by atoms with Crippen LogP contribution in [0.2, 0.25) is 0 Å². The van der Waals surface area contributed by atoms with E-state index in [0.29, 0.717) is 12.8 Å². The van der Waals surface area contributed by atoms with E-state index in [1.807, 2.05) is 0 Å². The number of ether oxygens (including phenoxy) is 2. The lowest BCUT2D eigenvalue weighted by Gasteiger charge is -2.20. The zero-order chi connectivity index (χ0) is 44.9. The molecule has 3 atom stereocenters. The summed E-state index contributed by atoms with van der Waals surface area (Å²) in [4.78, 5) is 46.1. The molecule has 0 bridgehead atoms. The fourth-order valence-corrected chi connectivity index (χ4v) is 8.08. The largest absolute Gasteiger partial charge is 0.480 e. The number of carbonyl (C=O) groups is 3. The van der Waals surface area contributed by atoms with Gasteiger partial charge in [0.2, 0.25) is 0 Å². The van der Waals surface area contributed by atoms with E-state index >= 15 is 0 Å². The summed E-state index contributed by atoms with van der Waals surface area (Å²) in [7, 11) is -4.72. The van der Waals surface area contributed by atoms with Crippen molar-refractivity contribution in [2.45, 2.75) is 264 Å². The van der Waals surface area contributed by atoms with Crippen molar-refractivity contribution in [1.82, 2.24) is 0 Å². The summed E-state index contributed by atoms with van der Waals surface area (Å²) in [5.41, 5.74) is 5.34. The van der Waals surface area contributed by atoms with Crippen molar-refractivity contribution in [2.24, 2.45) is 5.73 Å². The fraction of sp³-hybridized carbons (Fsp3) is 0.898. The second kappa shape index (κ2) is 44.8. The highest BCUT2D eigenvalue weighted by atomic mass is 31.2. The van der Waals surface area contributed by atoms with Gasteiger partial charge >= 0.3 is 25.7 Å². The van der Waals surface area contributed by atoms with Crippen LogP contribution in [-0.4, -0.2) is 59.9 Å². The first-order chi connectivity index (χ1) is 29.6. The normalized spacial score (nSPS) is 13.6. The van der Waals surface area contributed by atoms with Gasteiger partial charge < -0.3 is 25.2 Å². The molecule has 12 heteroatoms. The molecule has 0 radical (unpaired) electrons. The Labute approximate surface area is 373 Å². The number of hydrogen-bond acceptors (Lipinski definition) is 9. The molecule has 0 amide bonds. The molecule has 0 saturated carbocycles. The summed E-state index contributed by atoms with van der Waals surface area (Å²) < 4.78 is 32.8. The number of hydrogen-bond donors (Lipinski definition) is 3. The Hall–Kier alpha value is -1.78. The Morgan fingerprint density at radius 2 is 0.820 bits per heavy atom. The Morgan fingerprint density at radius 1 is 0.492 bits per heavy atom. The maximum absolute atomic E-state index is 12.6. The molecule has 0 aliphatic rings. The summed E-state index contributed by atoms with van der Waals surface area (Å²) in [6.07, 6.45) is 47.2. The predicted molar refractivity (Wildman–Crippen MR) is 249 cm³/mol. The molecule has 0 saturated heterocycles. The van der Waals surface area contributed by atoms with Crippen LogP contribution in [-0.2, 0) is 37.5 Å². The van der Waals surface area contributed by atoms with E-state index in [0.717, 1.165) is 57.8 Å². The van der Waals surface area contributed by atoms with Gasteiger partial charge in [0.25, 0.3) is 0 Å². The number of carboxylic acid groups (broad SMARTS) is 1. The zero-order valence-corrected chi connectivity index (χ0v) is 40.2. The fourth-order valence-electron chi connectivity index (χ4n) is 7.30. The van der Waals surface area contributed by atoms with E-state index in [-0.39, 0.29) is 19.4 Å². The topological polar surface area (TPSA) is 172 Å². The van der Waals surface area contributed by atoms with Gasteiger partial charge in [0.05, 0.1) is 13.2 Å². The van der Waals surface area contributed by atoms with E-state index in [2.05, 4.69) is 30.5 Å². The second-order valence-corrected chi connectivity index (χ2v) is 18.8. The third-order valence-corrected chi connectivity index (χ3v) is 12.2. The van der Waals surface area contributed by atoms with Crippen LogP contribution in [0.3, 0.4) is 0 Å². The summed E-state index contributed by atoms with van der Waals surface area (Å²) in [6.45, 7) is 2.82. The Bertz CT molecular complexity index is 1090. The Balaban J connectivity index is 4.13. The van der Waals surface area contributed by atoms with Crippen LogP contribution in [0, 0.1) is 0 Å². The van der Waals surface area contributed by atoms with Crippen molar-refractivity contribution < 1.29 is 47.5 Å². The minimum Gasteiger partial charge on any atom is -0.480 e. The highest BCUT2D eigenvalue weighted by Gasteiger charge is 2.28. The van der Waals surface area contributed by atoms with Gasteiger partial charge in [0.1, 0.15) is 12.6 Å². The van der Waals surface area contributed by atoms with Gasteiger partial charge in [-0.15, -0.1) is 0 Å². The van der Waals surface area contributed by atoms with Crippen molar-refractivity contribution in [3.05, 3.63) is 12.2 Å². The van der Waals surface area contributed by atoms with Crippen LogP contribution in [0.1, 0.15) is 251 Å². The lowest BCUT2D eigenvalue weighted by molar-refractivity contribution is -0.161. The van der Waals surface area contributed by atoms with E-state index in [1.54, 1.807) is 0 Å². The molecule has 0 fully saturated rings. The number of rotatable bonds is 48. The summed E-state index contributed by atoms with van der Waals surface area (Å²) in [5, 5.41) is 8.90. The van der Waals surface area contributed by atoms with Crippen molar-refractivity contribution in [3.8, 4) is 0 Å². The van der Waals surface area contributed by atoms with E-state index in [4.69, 9.17) is 24.8 Å². The van der Waals surface area contributed by atoms with Gasteiger partial charge in [-0.25, -0.2) is 4.57 Å². The third kappa shape index (κ3) is 44.6. The molecule has 0 aromatic heterocycles. The number of phosphoric ester groups is 1. The highest BCUT2D eigenvalue weighted by molar-refractivity contribution is 7.47. The SMILES string of the molecule is CCCCCC/C=C\CCCCCCCC(=O)OC(COC(=O)CCCCCCCCCCCCCCCCCCCCCCCCCC)COP(=O)(O)OCC(N)C(=O)O. The van der Waals surface area contributed by atoms with E-state index in [9.17, 15) is 23.8 Å². The van der Waals surface area contributed by atoms with Gasteiger partial charge in [0.15, 0.2) is 6.10 Å². The van der Waals surface area contributed by atoms with Crippen LogP contribution < -0.4 is 5.73 Å². The van der Waals surface area contributed by atoms with E-state index in [1.165, 1.54) is 154 Å². The molecule has 0 spiro atoms. The molecule has 61 heavy (non-hydrogen) atoms. The standard InChI is InChI=1S/C49H94NO10P/c1-3-5-7-9-11-13-15-17-18-19-20-21-22-23-24-25-26-27-29-30-32-34-36-38-40-47(51)57-42-45(43-58-61(55,56)59-44-46(50)49(53)54)60-48(52)41-39-37-35-33-31-28-16-14-12-10-8-6-4-2/h14,16,45-46H,3-13,15,17-44,50H2,1-2H3,(H,53,54)(H,55,56)/b16-14-. The Kier molecular flexibility index (Phi) is 43.5. The summed E-state index contributed by atoms with van der Waals surface area (Å²) in [5.74, 6) is -2.37. The lowest BCUT2D eigenvalue weighted by Crippen LogP contribution is -2.34. The van der Waals surface area contributed by atoms with Crippen LogP contribution in [0.5, 0.6) is 0 Å². The van der Waals surface area contributed by atoms with Crippen LogP contribution in [0.25, 0.3) is 0 Å². The third-order valence-electron chi connectivity index (χ3n) is 11.3. The molecule has 0 aromatic carbocycles. The van der Waals surface area contributed by atoms with E-state index < -0.39 is 51.1 Å². The molecule has 0 rings (SSSR count). The molecular formula is C49H94NO10P. The maximum Gasteiger partial charge on any atom is 0.472 e. The quantitative estimate of drug-likeness (QED) is 0.0230. The van der Waals surface area contributed by atoms with Crippen molar-refractivity contribution in [1.29, 1.82) is 0 Å². The molecule has 0 aliphatic carbocycles. The average Bonchev–Trinajstić information content (AvgIpc) is 3.24. The average molecular weight is 888 g/mol. The van der Waals surface area contributed by atoms with Crippen molar-refractivity contribution in [2.75, 3.05) is 19.8 Å². The highest BCUT2D eigenvalue weighted by Crippen LogP contribution is 2.43. The van der Waals surface area contributed by atoms with Gasteiger partial charge in [0, 0.05) is 12.8 Å². The van der Waals surface area contributed by atoms with Gasteiger partial charge in [-0.05, 0) is 38.5 Å². The molecule has 0 aromatic rings. The van der Waals surface area contributed by atoms with Crippen LogP contribution in [0.4, 0.5) is 0 Å². The molecule has 4 N–H and O–H groups in total. The number of allylic oxidation sites excluding steroid dienone is 2. The van der Waals surface area contributed by atoms with Gasteiger partial charge in [-0.1, -0.05) is 212 Å². The number of esters is 2. The molecule has 0 aliphatic heterocycles. The number of unbranched alkanes of at least 4 members (excludes halogenated alkanes) is 32. The number of aliphatic carboxylic acids is 1. The smallest absolute Gasteiger partial charge is 0.472 e. The minimum atomic E-state index is -4.72.